The number of hydrogen-bond acceptors (Lipinski definition) is 3. The maximum absolute atomic E-state index is 12.0. The Morgan fingerprint density at radius 2 is 2.18 bits per heavy atom. The monoisotopic (exact) mass is 234 g/mol. The standard InChI is InChI=1S/C13H18N2O2/c1-9(2)13(3)8-12(17)15(14-13)10-5-4-6-11(16)7-10/h4-7,9,14,16H,8H2,1-3H3. The molecule has 1 fully saturated rings. The molecule has 0 aliphatic carbocycles. The quantitative estimate of drug-likeness (QED) is 0.823. The average molecular weight is 234 g/mol. The predicted molar refractivity (Wildman–Crippen MR) is 66.6 cm³/mol. The van der Waals surface area contributed by atoms with Crippen molar-refractivity contribution >= 4 is 11.6 Å². The van der Waals surface area contributed by atoms with Gasteiger partial charge in [-0.3, -0.25) is 4.79 Å². The van der Waals surface area contributed by atoms with Gasteiger partial charge in [0.25, 0.3) is 0 Å². The first-order chi connectivity index (χ1) is 7.92. The molecule has 4 nitrogen and oxygen atoms in total. The third-order valence-electron chi connectivity index (χ3n) is 3.50. The molecule has 0 aromatic heterocycles. The van der Waals surface area contributed by atoms with Crippen LogP contribution in [0.4, 0.5) is 5.69 Å². The van der Waals surface area contributed by atoms with Gasteiger partial charge in [0.05, 0.1) is 5.69 Å². The molecule has 2 N–H and O–H groups in total. The van der Waals surface area contributed by atoms with Crippen LogP contribution in [-0.2, 0) is 4.79 Å². The smallest absolute Gasteiger partial charge is 0.243 e. The lowest BCUT2D eigenvalue weighted by molar-refractivity contribution is -0.117. The highest BCUT2D eigenvalue weighted by Crippen LogP contribution is 2.31. The maximum Gasteiger partial charge on any atom is 0.243 e. The van der Waals surface area contributed by atoms with Gasteiger partial charge >= 0.3 is 0 Å². The number of benzene rings is 1. The summed E-state index contributed by atoms with van der Waals surface area (Å²) in [4.78, 5) is 12.0. The number of nitrogens with one attached hydrogen (secondary N) is 1. The van der Waals surface area contributed by atoms with E-state index in [4.69, 9.17) is 0 Å². The molecule has 1 amide bonds. The number of carbonyl (C=O) groups is 1. The van der Waals surface area contributed by atoms with Crippen molar-refractivity contribution < 1.29 is 9.90 Å². The summed E-state index contributed by atoms with van der Waals surface area (Å²) >= 11 is 0. The summed E-state index contributed by atoms with van der Waals surface area (Å²) in [5.41, 5.74) is 3.69. The van der Waals surface area contributed by atoms with Gasteiger partial charge in [0.1, 0.15) is 5.75 Å². The molecule has 1 heterocycles. The SMILES string of the molecule is CC(C)C1(C)CC(=O)N(c2cccc(O)c2)N1. The van der Waals surface area contributed by atoms with E-state index in [-0.39, 0.29) is 17.2 Å². The molecule has 1 aliphatic rings. The number of rotatable bonds is 2. The zero-order valence-electron chi connectivity index (χ0n) is 10.4. The minimum atomic E-state index is -0.220. The normalized spacial score (nSPS) is 24.7. The van der Waals surface area contributed by atoms with Crippen molar-refractivity contribution in [1.82, 2.24) is 5.43 Å². The van der Waals surface area contributed by atoms with Crippen LogP contribution in [-0.4, -0.2) is 16.6 Å². The van der Waals surface area contributed by atoms with E-state index in [9.17, 15) is 9.90 Å². The molecule has 0 radical (unpaired) electrons. The van der Waals surface area contributed by atoms with Crippen LogP contribution < -0.4 is 10.4 Å². The van der Waals surface area contributed by atoms with Crippen molar-refractivity contribution in [2.75, 3.05) is 5.01 Å². The maximum atomic E-state index is 12.0. The molecule has 2 rings (SSSR count). The van der Waals surface area contributed by atoms with Crippen LogP contribution in [0, 0.1) is 5.92 Å². The fourth-order valence-corrected chi connectivity index (χ4v) is 1.92. The first kappa shape index (κ1) is 11.9. The van der Waals surface area contributed by atoms with E-state index in [2.05, 4.69) is 19.3 Å². The molecule has 0 bridgehead atoms. The van der Waals surface area contributed by atoms with Gasteiger partial charge in [-0.15, -0.1) is 0 Å². The number of amides is 1. The molecule has 0 spiro atoms. The van der Waals surface area contributed by atoms with Crippen LogP contribution in [0.1, 0.15) is 27.2 Å². The van der Waals surface area contributed by atoms with Gasteiger partial charge in [-0.2, -0.15) is 0 Å². The largest absolute Gasteiger partial charge is 0.508 e. The van der Waals surface area contributed by atoms with Crippen molar-refractivity contribution in [3.8, 4) is 5.75 Å². The van der Waals surface area contributed by atoms with Crippen molar-refractivity contribution in [2.45, 2.75) is 32.7 Å². The molecule has 1 unspecified atom stereocenters. The average Bonchev–Trinajstić information content (AvgIpc) is 2.56. The summed E-state index contributed by atoms with van der Waals surface area (Å²) in [5.74, 6) is 0.552. The van der Waals surface area contributed by atoms with Crippen LogP contribution in [0.3, 0.4) is 0 Å². The van der Waals surface area contributed by atoms with Gasteiger partial charge in [0.15, 0.2) is 0 Å². The second-order valence-electron chi connectivity index (χ2n) is 5.11. The van der Waals surface area contributed by atoms with E-state index in [0.717, 1.165) is 0 Å². The van der Waals surface area contributed by atoms with E-state index >= 15 is 0 Å². The van der Waals surface area contributed by atoms with Gasteiger partial charge in [-0.1, -0.05) is 19.9 Å². The molecule has 1 atom stereocenters. The fourth-order valence-electron chi connectivity index (χ4n) is 1.92. The highest BCUT2D eigenvalue weighted by atomic mass is 16.3. The highest BCUT2D eigenvalue weighted by molar-refractivity contribution is 5.95. The Morgan fingerprint density at radius 1 is 1.47 bits per heavy atom. The number of phenols is 1. The summed E-state index contributed by atoms with van der Waals surface area (Å²) in [6.45, 7) is 6.22. The molecule has 0 saturated carbocycles. The Bertz CT molecular complexity index is 445. The first-order valence-electron chi connectivity index (χ1n) is 5.82. The molecule has 1 aliphatic heterocycles. The van der Waals surface area contributed by atoms with Crippen LogP contribution >= 0.6 is 0 Å². The molecule has 1 aromatic carbocycles. The molecule has 4 heteroatoms. The number of aromatic hydroxyl groups is 1. The minimum absolute atomic E-state index is 0.0341. The lowest BCUT2D eigenvalue weighted by Gasteiger charge is -2.29. The number of phenolic OH excluding ortho intramolecular Hbond substituents is 1. The third kappa shape index (κ3) is 2.13. The summed E-state index contributed by atoms with van der Waals surface area (Å²) < 4.78 is 0. The molecule has 92 valence electrons. The lowest BCUT2D eigenvalue weighted by atomic mass is 9.87. The number of carbonyl (C=O) groups excluding carboxylic acids is 1. The van der Waals surface area contributed by atoms with Gasteiger partial charge in [-0.05, 0) is 25.0 Å². The Kier molecular flexibility index (Phi) is 2.83. The van der Waals surface area contributed by atoms with Gasteiger partial charge in [0.2, 0.25) is 5.91 Å². The fraction of sp³-hybridized carbons (Fsp3) is 0.462. The Labute approximate surface area is 101 Å². The predicted octanol–water partition coefficient (Wildman–Crippen LogP) is 2.05. The highest BCUT2D eigenvalue weighted by Gasteiger charge is 2.41. The Hall–Kier alpha value is -1.55. The van der Waals surface area contributed by atoms with Crippen LogP contribution in [0.5, 0.6) is 5.75 Å². The number of hydrogen-bond donors (Lipinski definition) is 2. The van der Waals surface area contributed by atoms with Gasteiger partial charge < -0.3 is 5.11 Å². The van der Waals surface area contributed by atoms with Crippen molar-refractivity contribution in [2.24, 2.45) is 5.92 Å². The van der Waals surface area contributed by atoms with E-state index in [1.54, 1.807) is 24.3 Å². The topological polar surface area (TPSA) is 52.6 Å². The number of anilines is 1. The molecule has 17 heavy (non-hydrogen) atoms. The summed E-state index contributed by atoms with van der Waals surface area (Å²) in [7, 11) is 0. The molecule has 1 aromatic rings. The third-order valence-corrected chi connectivity index (χ3v) is 3.50. The van der Waals surface area contributed by atoms with Crippen LogP contribution in [0.25, 0.3) is 0 Å². The second-order valence-corrected chi connectivity index (χ2v) is 5.11. The summed E-state index contributed by atoms with van der Waals surface area (Å²) in [6.07, 6.45) is 0.473. The van der Waals surface area contributed by atoms with E-state index in [1.165, 1.54) is 5.01 Å². The second kappa shape index (κ2) is 4.04. The lowest BCUT2D eigenvalue weighted by Crippen LogP contribution is -2.47. The van der Waals surface area contributed by atoms with Gasteiger partial charge in [0, 0.05) is 18.0 Å². The van der Waals surface area contributed by atoms with E-state index < -0.39 is 0 Å². The molecule has 1 saturated heterocycles. The number of nitrogens with zero attached hydrogens (tertiary/aromatic N) is 1. The van der Waals surface area contributed by atoms with Crippen LogP contribution in [0.15, 0.2) is 24.3 Å². The Balaban J connectivity index is 2.27. The summed E-state index contributed by atoms with van der Waals surface area (Å²) in [6, 6.07) is 6.70. The van der Waals surface area contributed by atoms with Gasteiger partial charge in [-0.25, -0.2) is 10.4 Å². The van der Waals surface area contributed by atoms with Crippen molar-refractivity contribution in [3.05, 3.63) is 24.3 Å². The van der Waals surface area contributed by atoms with Crippen LogP contribution in [0.2, 0.25) is 0 Å². The molecular weight excluding hydrogens is 216 g/mol. The minimum Gasteiger partial charge on any atom is -0.508 e. The molecular formula is C13H18N2O2. The van der Waals surface area contributed by atoms with Crippen molar-refractivity contribution in [1.29, 1.82) is 0 Å². The van der Waals surface area contributed by atoms with Crippen molar-refractivity contribution in [3.63, 3.8) is 0 Å². The zero-order valence-corrected chi connectivity index (χ0v) is 10.4. The number of hydrazine groups is 1. The zero-order chi connectivity index (χ0) is 12.6. The first-order valence-corrected chi connectivity index (χ1v) is 5.82. The Morgan fingerprint density at radius 3 is 2.71 bits per heavy atom. The van der Waals surface area contributed by atoms with E-state index in [0.29, 0.717) is 18.0 Å². The summed E-state index contributed by atoms with van der Waals surface area (Å²) in [5, 5.41) is 11.0. The van der Waals surface area contributed by atoms with E-state index in [1.807, 2.05) is 6.92 Å².